The third-order valence-corrected chi connectivity index (χ3v) is 8.21. The number of aliphatic hydroxyl groups excluding tert-OH is 1. The van der Waals surface area contributed by atoms with Crippen LogP contribution in [0.5, 0.6) is 5.75 Å². The number of aliphatic hydroxyl groups is 1. The van der Waals surface area contributed by atoms with Crippen molar-refractivity contribution >= 4 is 22.7 Å². The van der Waals surface area contributed by atoms with Gasteiger partial charge in [-0.15, -0.1) is 11.8 Å². The molecule has 1 fully saturated rings. The van der Waals surface area contributed by atoms with Crippen LogP contribution in [0.3, 0.4) is 0 Å². The molecule has 3 aromatic rings. The molecule has 4 rings (SSSR count). The lowest BCUT2D eigenvalue weighted by Gasteiger charge is -2.38. The van der Waals surface area contributed by atoms with Crippen molar-refractivity contribution in [2.24, 2.45) is 11.8 Å². The van der Waals surface area contributed by atoms with Crippen molar-refractivity contribution in [3.8, 4) is 5.75 Å². The first-order chi connectivity index (χ1) is 17.5. The first-order valence-corrected chi connectivity index (χ1v) is 13.5. The molecule has 3 atom stereocenters. The van der Waals surface area contributed by atoms with Crippen molar-refractivity contribution in [1.82, 2.24) is 15.2 Å². The molecule has 0 spiro atoms. The smallest absolute Gasteiger partial charge is 0.127 e. The van der Waals surface area contributed by atoms with Crippen LogP contribution in [0.15, 0.2) is 53.6 Å². The van der Waals surface area contributed by atoms with E-state index in [2.05, 4.69) is 21.3 Å². The third-order valence-electron chi connectivity index (χ3n) is 7.25. The molecule has 0 bridgehead atoms. The van der Waals surface area contributed by atoms with Crippen LogP contribution >= 0.6 is 11.8 Å². The summed E-state index contributed by atoms with van der Waals surface area (Å²) in [5, 5.41) is 14.7. The van der Waals surface area contributed by atoms with Gasteiger partial charge in [-0.3, -0.25) is 4.98 Å². The maximum Gasteiger partial charge on any atom is 0.127 e. The molecule has 0 aliphatic carbocycles. The number of nitrogens with zero attached hydrogens (tertiary/aromatic N) is 2. The number of methoxy groups -OCH3 is 1. The van der Waals surface area contributed by atoms with E-state index in [0.717, 1.165) is 67.4 Å². The van der Waals surface area contributed by atoms with Gasteiger partial charge in [0.1, 0.15) is 17.4 Å². The Morgan fingerprint density at radius 3 is 2.69 bits per heavy atom. The summed E-state index contributed by atoms with van der Waals surface area (Å²) >= 11 is 1.46. The van der Waals surface area contributed by atoms with Gasteiger partial charge in [0, 0.05) is 54.0 Å². The van der Waals surface area contributed by atoms with Crippen LogP contribution < -0.4 is 10.1 Å². The average Bonchev–Trinajstić information content (AvgIpc) is 2.88. The van der Waals surface area contributed by atoms with Crippen LogP contribution in [0.4, 0.5) is 8.78 Å². The van der Waals surface area contributed by atoms with Gasteiger partial charge in [-0.1, -0.05) is 0 Å². The van der Waals surface area contributed by atoms with Gasteiger partial charge in [0.15, 0.2) is 0 Å². The minimum absolute atomic E-state index is 0.170. The van der Waals surface area contributed by atoms with Gasteiger partial charge in [-0.05, 0) is 86.7 Å². The normalized spacial score (nSPS) is 19.5. The van der Waals surface area contributed by atoms with E-state index in [-0.39, 0.29) is 18.6 Å². The first-order valence-electron chi connectivity index (χ1n) is 12.5. The Morgan fingerprint density at radius 1 is 1.17 bits per heavy atom. The molecule has 0 amide bonds. The number of thioether (sulfide) groups is 1. The molecule has 8 heteroatoms. The zero-order valence-corrected chi connectivity index (χ0v) is 21.7. The largest absolute Gasteiger partial charge is 0.497 e. The van der Waals surface area contributed by atoms with E-state index in [9.17, 15) is 13.9 Å². The fraction of sp³-hybridized carbons (Fsp3) is 0.464. The molecule has 0 unspecified atom stereocenters. The van der Waals surface area contributed by atoms with Crippen LogP contribution in [0.1, 0.15) is 30.9 Å². The Hall–Kier alpha value is -2.26. The maximum absolute atomic E-state index is 13.4. The van der Waals surface area contributed by atoms with Gasteiger partial charge >= 0.3 is 0 Å². The van der Waals surface area contributed by atoms with Gasteiger partial charge < -0.3 is 20.1 Å². The number of nitrogens with one attached hydrogen (secondary N) is 1. The molecule has 194 valence electrons. The highest BCUT2D eigenvalue weighted by atomic mass is 32.2. The monoisotopic (exact) mass is 515 g/mol. The second-order valence-corrected chi connectivity index (χ2v) is 10.6. The number of rotatable bonds is 11. The summed E-state index contributed by atoms with van der Waals surface area (Å²) in [5.41, 5.74) is 2.17. The Bertz CT molecular complexity index is 1130. The van der Waals surface area contributed by atoms with Gasteiger partial charge in [-0.25, -0.2) is 8.78 Å². The highest BCUT2D eigenvalue weighted by Crippen LogP contribution is 2.33. The lowest BCUT2D eigenvalue weighted by Crippen LogP contribution is -2.43. The van der Waals surface area contributed by atoms with Crippen LogP contribution in [-0.4, -0.2) is 61.1 Å². The SMILES string of the molecule is CN[C@@H](CC[C@@H]1CCN(CCSc2cc(F)cc(F)c2)C[C@@H]1CO)c1ccnc2ccc(OC)cc12. The number of halogens is 2. The van der Waals surface area contributed by atoms with E-state index in [0.29, 0.717) is 10.8 Å². The summed E-state index contributed by atoms with van der Waals surface area (Å²) in [4.78, 5) is 7.48. The van der Waals surface area contributed by atoms with Crippen molar-refractivity contribution in [3.63, 3.8) is 0 Å². The van der Waals surface area contributed by atoms with E-state index in [4.69, 9.17) is 4.74 Å². The number of aromatic nitrogens is 1. The number of ether oxygens (including phenoxy) is 1. The minimum atomic E-state index is -0.544. The highest BCUT2D eigenvalue weighted by Gasteiger charge is 2.29. The molecular weight excluding hydrogens is 480 g/mol. The van der Waals surface area contributed by atoms with Crippen LogP contribution in [0.2, 0.25) is 0 Å². The number of hydrogen-bond acceptors (Lipinski definition) is 6. The van der Waals surface area contributed by atoms with Gasteiger partial charge in [0.2, 0.25) is 0 Å². The van der Waals surface area contributed by atoms with E-state index >= 15 is 0 Å². The predicted molar refractivity (Wildman–Crippen MR) is 142 cm³/mol. The van der Waals surface area contributed by atoms with E-state index in [1.807, 2.05) is 31.4 Å². The molecule has 1 aromatic heterocycles. The fourth-order valence-electron chi connectivity index (χ4n) is 5.26. The molecule has 0 radical (unpaired) electrons. The molecule has 5 nitrogen and oxygen atoms in total. The zero-order valence-electron chi connectivity index (χ0n) is 20.9. The van der Waals surface area contributed by atoms with Crippen molar-refractivity contribution in [3.05, 3.63) is 65.9 Å². The number of hydrogen-bond donors (Lipinski definition) is 2. The molecule has 1 aliphatic rings. The molecular formula is C28H35F2N3O2S. The minimum Gasteiger partial charge on any atom is -0.497 e. The predicted octanol–water partition coefficient (Wildman–Crippen LogP) is 5.29. The molecule has 1 saturated heterocycles. The summed E-state index contributed by atoms with van der Waals surface area (Å²) < 4.78 is 32.3. The molecule has 1 aliphatic heterocycles. The van der Waals surface area contributed by atoms with Crippen molar-refractivity contribution < 1.29 is 18.6 Å². The molecule has 2 N–H and O–H groups in total. The number of likely N-dealkylation sites (tertiary alicyclic amines) is 1. The number of benzene rings is 2. The fourth-order valence-corrected chi connectivity index (χ4v) is 6.24. The third kappa shape index (κ3) is 6.73. The second-order valence-electron chi connectivity index (χ2n) is 9.45. The topological polar surface area (TPSA) is 57.6 Å². The quantitative estimate of drug-likeness (QED) is 0.339. The maximum atomic E-state index is 13.4. The molecule has 0 saturated carbocycles. The standard InChI is InChI=1S/C28H35F2N3O2S/c1-31-27(25-7-9-32-28-6-4-23(35-2)16-26(25)28)5-3-19-8-10-33(17-20(19)18-34)11-12-36-24-14-21(29)13-22(30)15-24/h4,6-7,9,13-16,19-20,27,31,34H,3,5,8,10-12,17-18H2,1-2H3/t19-,20-,27+/m1/s1. The Labute approximate surface area is 216 Å². The van der Waals surface area contributed by atoms with Crippen molar-refractivity contribution in [1.29, 1.82) is 0 Å². The van der Waals surface area contributed by atoms with E-state index in [1.54, 1.807) is 7.11 Å². The second kappa shape index (κ2) is 12.8. The van der Waals surface area contributed by atoms with Crippen LogP contribution in [-0.2, 0) is 0 Å². The lowest BCUT2D eigenvalue weighted by molar-refractivity contribution is 0.0696. The molecule has 2 heterocycles. The first kappa shape index (κ1) is 26.8. The van der Waals surface area contributed by atoms with Crippen molar-refractivity contribution in [2.45, 2.75) is 30.2 Å². The van der Waals surface area contributed by atoms with Gasteiger partial charge in [-0.2, -0.15) is 0 Å². The van der Waals surface area contributed by atoms with Gasteiger partial charge in [0.05, 0.1) is 12.6 Å². The summed E-state index contributed by atoms with van der Waals surface area (Å²) in [5.74, 6) is 1.17. The molecule has 2 aromatic carbocycles. The van der Waals surface area contributed by atoms with E-state index < -0.39 is 11.6 Å². The van der Waals surface area contributed by atoms with E-state index in [1.165, 1.54) is 29.5 Å². The number of pyridine rings is 1. The van der Waals surface area contributed by atoms with Crippen LogP contribution in [0, 0.1) is 23.5 Å². The van der Waals surface area contributed by atoms with Crippen LogP contribution in [0.25, 0.3) is 10.9 Å². The number of piperidine rings is 1. The Balaban J connectivity index is 1.32. The Morgan fingerprint density at radius 2 is 1.97 bits per heavy atom. The average molecular weight is 516 g/mol. The summed E-state index contributed by atoms with van der Waals surface area (Å²) in [6.07, 6.45) is 4.89. The summed E-state index contributed by atoms with van der Waals surface area (Å²) in [6, 6.07) is 11.9. The highest BCUT2D eigenvalue weighted by molar-refractivity contribution is 7.99. The van der Waals surface area contributed by atoms with Gasteiger partial charge in [0.25, 0.3) is 0 Å². The summed E-state index contributed by atoms with van der Waals surface area (Å²) in [6.45, 7) is 2.82. The Kier molecular flexibility index (Phi) is 9.53. The molecule has 36 heavy (non-hydrogen) atoms. The summed E-state index contributed by atoms with van der Waals surface area (Å²) in [7, 11) is 3.67. The zero-order chi connectivity index (χ0) is 25.5. The lowest BCUT2D eigenvalue weighted by atomic mass is 9.81. The number of fused-ring (bicyclic) bond motifs is 1. The van der Waals surface area contributed by atoms with Crippen molar-refractivity contribution in [2.75, 3.05) is 46.2 Å².